The van der Waals surface area contributed by atoms with E-state index in [0.29, 0.717) is 17.3 Å². The number of benzene rings is 2. The summed E-state index contributed by atoms with van der Waals surface area (Å²) >= 11 is 0. The van der Waals surface area contributed by atoms with E-state index in [9.17, 15) is 4.79 Å². The minimum absolute atomic E-state index is 0.140. The van der Waals surface area contributed by atoms with E-state index in [-0.39, 0.29) is 5.91 Å². The first-order valence-electron chi connectivity index (χ1n) is 9.58. The van der Waals surface area contributed by atoms with E-state index < -0.39 is 0 Å². The van der Waals surface area contributed by atoms with Crippen molar-refractivity contribution in [2.24, 2.45) is 0 Å². The lowest BCUT2D eigenvalue weighted by Crippen LogP contribution is -2.48. The molecule has 2 heterocycles. The van der Waals surface area contributed by atoms with Gasteiger partial charge in [0.1, 0.15) is 11.5 Å². The number of rotatable bonds is 4. The summed E-state index contributed by atoms with van der Waals surface area (Å²) in [7, 11) is 3.24. The van der Waals surface area contributed by atoms with Crippen molar-refractivity contribution in [2.45, 2.75) is 6.92 Å². The highest BCUT2D eigenvalue weighted by Crippen LogP contribution is 2.31. The first-order chi connectivity index (χ1) is 14.1. The molecule has 4 rings (SSSR count). The second-order valence-corrected chi connectivity index (χ2v) is 7.00. The van der Waals surface area contributed by atoms with Crippen molar-refractivity contribution in [3.63, 3.8) is 0 Å². The van der Waals surface area contributed by atoms with Gasteiger partial charge >= 0.3 is 0 Å². The van der Waals surface area contributed by atoms with Gasteiger partial charge in [0.25, 0.3) is 0 Å². The maximum Gasteiger partial charge on any atom is 0.219 e. The largest absolute Gasteiger partial charge is 0.497 e. The van der Waals surface area contributed by atoms with Crippen LogP contribution in [0.15, 0.2) is 42.6 Å². The van der Waals surface area contributed by atoms with Crippen LogP contribution in [0.3, 0.4) is 0 Å². The highest BCUT2D eigenvalue weighted by Gasteiger charge is 2.19. The number of ether oxygens (including phenoxy) is 2. The maximum atomic E-state index is 11.5. The average molecular weight is 392 g/mol. The van der Waals surface area contributed by atoms with Crippen molar-refractivity contribution < 1.29 is 14.3 Å². The molecule has 0 radical (unpaired) electrons. The van der Waals surface area contributed by atoms with Crippen molar-refractivity contribution >= 4 is 22.5 Å². The molecular weight excluding hydrogens is 368 g/mol. The first-order valence-corrected chi connectivity index (χ1v) is 9.58. The molecule has 1 aromatic heterocycles. The number of anilines is 1. The van der Waals surface area contributed by atoms with Gasteiger partial charge in [0, 0.05) is 62.7 Å². The summed E-state index contributed by atoms with van der Waals surface area (Å²) in [5.74, 6) is 2.17. The van der Waals surface area contributed by atoms with Crippen LogP contribution in [0.1, 0.15) is 6.92 Å². The minimum Gasteiger partial charge on any atom is -0.497 e. The summed E-state index contributed by atoms with van der Waals surface area (Å²) < 4.78 is 10.8. The summed E-state index contributed by atoms with van der Waals surface area (Å²) in [6.07, 6.45) is 1.78. The van der Waals surface area contributed by atoms with Gasteiger partial charge in [-0.2, -0.15) is 0 Å². The van der Waals surface area contributed by atoms with Gasteiger partial charge in [-0.25, -0.2) is 9.97 Å². The highest BCUT2D eigenvalue weighted by molar-refractivity contribution is 5.87. The van der Waals surface area contributed by atoms with Gasteiger partial charge in [-0.05, 0) is 24.3 Å². The molecule has 0 saturated carbocycles. The van der Waals surface area contributed by atoms with Crippen molar-refractivity contribution in [2.75, 3.05) is 45.3 Å². The number of carbonyl (C=O) groups is 1. The molecule has 2 aromatic carbocycles. The van der Waals surface area contributed by atoms with E-state index in [0.717, 1.165) is 48.3 Å². The average Bonchev–Trinajstić information content (AvgIpc) is 2.78. The van der Waals surface area contributed by atoms with Crippen LogP contribution < -0.4 is 14.4 Å². The van der Waals surface area contributed by atoms with E-state index in [1.807, 2.05) is 29.2 Å². The van der Waals surface area contributed by atoms with E-state index >= 15 is 0 Å². The number of hydrogen-bond donors (Lipinski definition) is 0. The SMILES string of the molecule is COc1cc(OC)c2cnc(-c3ccc(N4CCN(C(C)=O)CC4)cc3)nc2c1. The van der Waals surface area contributed by atoms with E-state index in [2.05, 4.69) is 22.0 Å². The Bertz CT molecular complexity index is 1030. The van der Waals surface area contributed by atoms with Gasteiger partial charge in [-0.3, -0.25) is 4.79 Å². The summed E-state index contributed by atoms with van der Waals surface area (Å²) in [4.78, 5) is 24.9. The number of methoxy groups -OCH3 is 2. The zero-order valence-corrected chi connectivity index (χ0v) is 16.9. The van der Waals surface area contributed by atoms with Crippen molar-refractivity contribution in [3.8, 4) is 22.9 Å². The lowest BCUT2D eigenvalue weighted by Gasteiger charge is -2.35. The fourth-order valence-electron chi connectivity index (χ4n) is 3.60. The van der Waals surface area contributed by atoms with Gasteiger partial charge in [0.2, 0.25) is 5.91 Å². The Hall–Kier alpha value is -3.35. The Labute approximate surface area is 169 Å². The summed E-state index contributed by atoms with van der Waals surface area (Å²) in [5.41, 5.74) is 2.86. The molecule has 0 aliphatic carbocycles. The quantitative estimate of drug-likeness (QED) is 0.680. The number of aromatic nitrogens is 2. The highest BCUT2D eigenvalue weighted by atomic mass is 16.5. The fourth-order valence-corrected chi connectivity index (χ4v) is 3.60. The summed E-state index contributed by atoms with van der Waals surface area (Å²) in [5, 5.41) is 0.844. The number of nitrogens with zero attached hydrogens (tertiary/aromatic N) is 4. The lowest BCUT2D eigenvalue weighted by molar-refractivity contribution is -0.129. The lowest BCUT2D eigenvalue weighted by atomic mass is 10.1. The van der Waals surface area contributed by atoms with E-state index in [1.165, 1.54) is 0 Å². The van der Waals surface area contributed by atoms with Crippen LogP contribution in [0, 0.1) is 0 Å². The van der Waals surface area contributed by atoms with Gasteiger partial charge in [0.05, 0.1) is 25.1 Å². The standard InChI is InChI=1S/C22H24N4O3/c1-15(27)25-8-10-26(11-9-25)17-6-4-16(5-7-17)22-23-14-19-20(24-22)12-18(28-2)13-21(19)29-3/h4-7,12-14H,8-11H2,1-3H3. The molecule has 0 N–H and O–H groups in total. The molecular formula is C22H24N4O3. The molecule has 1 aliphatic rings. The van der Waals surface area contributed by atoms with Gasteiger partial charge in [-0.1, -0.05) is 0 Å². The van der Waals surface area contributed by atoms with E-state index in [4.69, 9.17) is 14.5 Å². The molecule has 7 heteroatoms. The van der Waals surface area contributed by atoms with Crippen LogP contribution in [0.25, 0.3) is 22.3 Å². The van der Waals surface area contributed by atoms with Crippen LogP contribution in [0.4, 0.5) is 5.69 Å². The minimum atomic E-state index is 0.140. The van der Waals surface area contributed by atoms with Crippen LogP contribution in [-0.4, -0.2) is 61.2 Å². The molecule has 0 spiro atoms. The molecule has 1 fully saturated rings. The zero-order chi connectivity index (χ0) is 20.4. The third kappa shape index (κ3) is 3.81. The molecule has 0 atom stereocenters. The summed E-state index contributed by atoms with van der Waals surface area (Å²) in [6.45, 7) is 4.82. The van der Waals surface area contributed by atoms with Crippen LogP contribution in [-0.2, 0) is 4.79 Å². The number of carbonyl (C=O) groups excluding carboxylic acids is 1. The Kier molecular flexibility index (Phi) is 5.20. The molecule has 7 nitrogen and oxygen atoms in total. The normalized spacial score (nSPS) is 14.2. The molecule has 0 bridgehead atoms. The monoisotopic (exact) mass is 392 g/mol. The van der Waals surface area contributed by atoms with Crippen LogP contribution in [0.2, 0.25) is 0 Å². The number of fused-ring (bicyclic) bond motifs is 1. The molecule has 1 amide bonds. The Morgan fingerprint density at radius 3 is 2.34 bits per heavy atom. The number of piperazine rings is 1. The third-order valence-corrected chi connectivity index (χ3v) is 5.31. The molecule has 1 aliphatic heterocycles. The second kappa shape index (κ2) is 7.95. The maximum absolute atomic E-state index is 11.5. The second-order valence-electron chi connectivity index (χ2n) is 7.00. The summed E-state index contributed by atoms with van der Waals surface area (Å²) in [6, 6.07) is 11.9. The Morgan fingerprint density at radius 1 is 1.00 bits per heavy atom. The molecule has 3 aromatic rings. The molecule has 1 saturated heterocycles. The predicted octanol–water partition coefficient (Wildman–Crippen LogP) is 2.98. The zero-order valence-electron chi connectivity index (χ0n) is 16.9. The topological polar surface area (TPSA) is 67.8 Å². The van der Waals surface area contributed by atoms with Crippen molar-refractivity contribution in [1.82, 2.24) is 14.9 Å². The van der Waals surface area contributed by atoms with Gasteiger partial charge < -0.3 is 19.3 Å². The Morgan fingerprint density at radius 2 is 1.72 bits per heavy atom. The number of amides is 1. The Balaban J connectivity index is 1.57. The van der Waals surface area contributed by atoms with Gasteiger partial charge in [0.15, 0.2) is 5.82 Å². The smallest absolute Gasteiger partial charge is 0.219 e. The molecule has 0 unspecified atom stereocenters. The third-order valence-electron chi connectivity index (χ3n) is 5.31. The first kappa shape index (κ1) is 19.0. The predicted molar refractivity (Wildman–Crippen MR) is 113 cm³/mol. The van der Waals surface area contributed by atoms with Crippen LogP contribution in [0.5, 0.6) is 11.5 Å². The fraction of sp³-hybridized carbons (Fsp3) is 0.318. The van der Waals surface area contributed by atoms with Crippen molar-refractivity contribution in [3.05, 3.63) is 42.6 Å². The number of hydrogen-bond acceptors (Lipinski definition) is 6. The van der Waals surface area contributed by atoms with Crippen LogP contribution >= 0.6 is 0 Å². The van der Waals surface area contributed by atoms with Gasteiger partial charge in [-0.15, -0.1) is 0 Å². The van der Waals surface area contributed by atoms with Crippen molar-refractivity contribution in [1.29, 1.82) is 0 Å². The molecule has 29 heavy (non-hydrogen) atoms. The molecule has 150 valence electrons. The van der Waals surface area contributed by atoms with E-state index in [1.54, 1.807) is 27.3 Å².